The second-order valence-corrected chi connectivity index (χ2v) is 4.33. The number of carbonyl (C=O) groups excluding carboxylic acids is 1. The van der Waals surface area contributed by atoms with Crippen molar-refractivity contribution >= 4 is 11.6 Å². The number of benzene rings is 1. The van der Waals surface area contributed by atoms with E-state index in [9.17, 15) is 4.79 Å². The van der Waals surface area contributed by atoms with Gasteiger partial charge in [-0.1, -0.05) is 18.8 Å². The van der Waals surface area contributed by atoms with Gasteiger partial charge in [-0.05, 0) is 36.6 Å². The molecule has 1 amide bonds. The Kier molecular flexibility index (Phi) is 7.41. The standard InChI is InChI=1S/C16H21NO3/c1-3-14-12-13(6-4-10-18)8-9-15(14)17-16(19)7-5-11-20-2/h8-9,12,18H,3,5,7,10-11H2,1-2H3,(H,17,19). The van der Waals surface area contributed by atoms with Crippen LogP contribution in [0.5, 0.6) is 0 Å². The number of hydrogen-bond acceptors (Lipinski definition) is 3. The molecule has 0 fully saturated rings. The summed E-state index contributed by atoms with van der Waals surface area (Å²) < 4.78 is 4.92. The van der Waals surface area contributed by atoms with Crippen molar-refractivity contribution < 1.29 is 14.6 Å². The smallest absolute Gasteiger partial charge is 0.224 e. The quantitative estimate of drug-likeness (QED) is 0.616. The van der Waals surface area contributed by atoms with Gasteiger partial charge in [0.05, 0.1) is 0 Å². The van der Waals surface area contributed by atoms with E-state index in [2.05, 4.69) is 17.2 Å². The predicted octanol–water partition coefficient (Wildman–Crippen LogP) is 1.96. The van der Waals surface area contributed by atoms with Crippen molar-refractivity contribution in [3.8, 4) is 11.8 Å². The molecule has 2 N–H and O–H groups in total. The van der Waals surface area contributed by atoms with Gasteiger partial charge in [-0.3, -0.25) is 4.79 Å². The van der Waals surface area contributed by atoms with Gasteiger partial charge in [-0.2, -0.15) is 0 Å². The number of ether oxygens (including phenoxy) is 1. The van der Waals surface area contributed by atoms with Crippen molar-refractivity contribution in [1.29, 1.82) is 0 Å². The van der Waals surface area contributed by atoms with Gasteiger partial charge in [0.25, 0.3) is 0 Å². The van der Waals surface area contributed by atoms with Crippen LogP contribution in [0.25, 0.3) is 0 Å². The Balaban J connectivity index is 2.72. The van der Waals surface area contributed by atoms with E-state index in [1.165, 1.54) is 0 Å². The molecule has 0 radical (unpaired) electrons. The van der Waals surface area contributed by atoms with E-state index in [1.807, 2.05) is 25.1 Å². The minimum Gasteiger partial charge on any atom is -0.385 e. The maximum absolute atomic E-state index is 11.8. The molecule has 4 nitrogen and oxygen atoms in total. The highest BCUT2D eigenvalue weighted by molar-refractivity contribution is 5.91. The van der Waals surface area contributed by atoms with Gasteiger partial charge < -0.3 is 15.2 Å². The van der Waals surface area contributed by atoms with Crippen LogP contribution in [0.3, 0.4) is 0 Å². The van der Waals surface area contributed by atoms with Gasteiger partial charge in [0.15, 0.2) is 0 Å². The number of rotatable bonds is 6. The first-order valence-electron chi connectivity index (χ1n) is 6.72. The summed E-state index contributed by atoms with van der Waals surface area (Å²) in [7, 11) is 1.62. The fourth-order valence-electron chi connectivity index (χ4n) is 1.82. The highest BCUT2D eigenvalue weighted by Crippen LogP contribution is 2.18. The Bertz CT molecular complexity index is 500. The van der Waals surface area contributed by atoms with E-state index in [0.717, 1.165) is 23.2 Å². The topological polar surface area (TPSA) is 58.6 Å². The van der Waals surface area contributed by atoms with E-state index in [-0.39, 0.29) is 12.5 Å². The van der Waals surface area contributed by atoms with Crippen molar-refractivity contribution in [3.63, 3.8) is 0 Å². The number of nitrogens with one attached hydrogen (secondary N) is 1. The maximum atomic E-state index is 11.8. The SMILES string of the molecule is CCc1cc(C#CCO)ccc1NC(=O)CCCOC. The van der Waals surface area contributed by atoms with Gasteiger partial charge in [0, 0.05) is 31.4 Å². The molecule has 0 spiro atoms. The molecule has 4 heteroatoms. The highest BCUT2D eigenvalue weighted by Gasteiger charge is 2.06. The summed E-state index contributed by atoms with van der Waals surface area (Å²) in [4.78, 5) is 11.8. The third kappa shape index (κ3) is 5.43. The van der Waals surface area contributed by atoms with Gasteiger partial charge >= 0.3 is 0 Å². The number of carbonyl (C=O) groups is 1. The molecule has 0 aliphatic rings. The Morgan fingerprint density at radius 3 is 2.90 bits per heavy atom. The fourth-order valence-corrected chi connectivity index (χ4v) is 1.82. The summed E-state index contributed by atoms with van der Waals surface area (Å²) in [5.74, 6) is 5.47. The van der Waals surface area contributed by atoms with Crippen molar-refractivity contribution in [2.75, 3.05) is 25.6 Å². The van der Waals surface area contributed by atoms with Crippen LogP contribution >= 0.6 is 0 Å². The molecular weight excluding hydrogens is 254 g/mol. The Hall–Kier alpha value is -1.83. The molecule has 0 saturated heterocycles. The number of aliphatic hydroxyl groups excluding tert-OH is 1. The van der Waals surface area contributed by atoms with Crippen LogP contribution in [0, 0.1) is 11.8 Å². The molecule has 0 unspecified atom stereocenters. The van der Waals surface area contributed by atoms with Crippen LogP contribution in [-0.2, 0) is 16.0 Å². The zero-order valence-electron chi connectivity index (χ0n) is 12.0. The summed E-state index contributed by atoms with van der Waals surface area (Å²) in [6, 6.07) is 5.63. The second-order valence-electron chi connectivity index (χ2n) is 4.33. The van der Waals surface area contributed by atoms with E-state index >= 15 is 0 Å². The van der Waals surface area contributed by atoms with E-state index in [1.54, 1.807) is 7.11 Å². The zero-order chi connectivity index (χ0) is 14.8. The number of amides is 1. The molecule has 0 bridgehead atoms. The minimum atomic E-state index is -0.153. The second kappa shape index (κ2) is 9.13. The van der Waals surface area contributed by atoms with E-state index < -0.39 is 0 Å². The van der Waals surface area contributed by atoms with Gasteiger partial charge in [-0.15, -0.1) is 0 Å². The number of methoxy groups -OCH3 is 1. The molecule has 108 valence electrons. The molecule has 1 aromatic carbocycles. The lowest BCUT2D eigenvalue weighted by molar-refractivity contribution is -0.116. The fraction of sp³-hybridized carbons (Fsp3) is 0.438. The molecule has 0 aliphatic carbocycles. The molecule has 0 aromatic heterocycles. The average molecular weight is 275 g/mol. The van der Waals surface area contributed by atoms with Gasteiger partial charge in [0.1, 0.15) is 6.61 Å². The average Bonchev–Trinajstić information content (AvgIpc) is 2.46. The first kappa shape index (κ1) is 16.2. The zero-order valence-corrected chi connectivity index (χ0v) is 12.0. The Morgan fingerprint density at radius 1 is 1.45 bits per heavy atom. The molecule has 0 atom stereocenters. The first-order chi connectivity index (χ1) is 9.71. The van der Waals surface area contributed by atoms with Crippen molar-refractivity contribution in [2.45, 2.75) is 26.2 Å². The van der Waals surface area contributed by atoms with Crippen LogP contribution in [0.2, 0.25) is 0 Å². The lowest BCUT2D eigenvalue weighted by atomic mass is 10.1. The number of aryl methyl sites for hydroxylation is 1. The summed E-state index contributed by atoms with van der Waals surface area (Å²) in [5, 5.41) is 11.6. The van der Waals surface area contributed by atoms with Crippen LogP contribution in [0.15, 0.2) is 18.2 Å². The van der Waals surface area contributed by atoms with Gasteiger partial charge in [0.2, 0.25) is 5.91 Å². The number of hydrogen-bond donors (Lipinski definition) is 2. The molecule has 20 heavy (non-hydrogen) atoms. The monoisotopic (exact) mass is 275 g/mol. The largest absolute Gasteiger partial charge is 0.385 e. The minimum absolute atomic E-state index is 0.00839. The lowest BCUT2D eigenvalue weighted by Crippen LogP contribution is -2.13. The molecular formula is C16H21NO3. The van der Waals surface area contributed by atoms with Crippen molar-refractivity contribution in [2.24, 2.45) is 0 Å². The normalized spacial score (nSPS) is 9.75. The van der Waals surface area contributed by atoms with Crippen molar-refractivity contribution in [1.82, 2.24) is 0 Å². The van der Waals surface area contributed by atoms with Crippen LogP contribution < -0.4 is 5.32 Å². The van der Waals surface area contributed by atoms with Crippen LogP contribution in [0.1, 0.15) is 30.9 Å². The van der Waals surface area contributed by atoms with Crippen LogP contribution in [0.4, 0.5) is 5.69 Å². The van der Waals surface area contributed by atoms with Crippen LogP contribution in [-0.4, -0.2) is 31.3 Å². The summed E-state index contributed by atoms with van der Waals surface area (Å²) in [5.41, 5.74) is 2.70. The van der Waals surface area contributed by atoms with Gasteiger partial charge in [-0.25, -0.2) is 0 Å². The molecule has 1 aromatic rings. The number of aliphatic hydroxyl groups is 1. The predicted molar refractivity (Wildman–Crippen MR) is 79.5 cm³/mol. The molecule has 1 rings (SSSR count). The third-order valence-corrected chi connectivity index (χ3v) is 2.82. The highest BCUT2D eigenvalue weighted by atomic mass is 16.5. The first-order valence-corrected chi connectivity index (χ1v) is 6.72. The maximum Gasteiger partial charge on any atom is 0.224 e. The molecule has 0 aliphatic heterocycles. The molecule has 0 saturated carbocycles. The van der Waals surface area contributed by atoms with E-state index in [0.29, 0.717) is 19.4 Å². The summed E-state index contributed by atoms with van der Waals surface area (Å²) in [6.07, 6.45) is 1.97. The lowest BCUT2D eigenvalue weighted by Gasteiger charge is -2.10. The van der Waals surface area contributed by atoms with Crippen molar-refractivity contribution in [3.05, 3.63) is 29.3 Å². The third-order valence-electron chi connectivity index (χ3n) is 2.82. The number of anilines is 1. The molecule has 0 heterocycles. The summed E-state index contributed by atoms with van der Waals surface area (Å²) in [6.45, 7) is 2.46. The summed E-state index contributed by atoms with van der Waals surface area (Å²) >= 11 is 0. The Labute approximate surface area is 120 Å². The Morgan fingerprint density at radius 2 is 2.25 bits per heavy atom. The van der Waals surface area contributed by atoms with E-state index in [4.69, 9.17) is 9.84 Å².